The van der Waals surface area contributed by atoms with E-state index in [1.165, 1.54) is 89.1 Å². The van der Waals surface area contributed by atoms with Crippen molar-refractivity contribution in [2.45, 2.75) is 101 Å². The number of para-hydroxylation sites is 2. The normalized spacial score (nSPS) is 11.6. The molecule has 0 radical (unpaired) electrons. The van der Waals surface area contributed by atoms with E-state index < -0.39 is 0 Å². The molecule has 0 aliphatic heterocycles. The first kappa shape index (κ1) is 39.1. The second-order valence-corrected chi connectivity index (χ2v) is 16.2. The van der Waals surface area contributed by atoms with Gasteiger partial charge in [0.25, 0.3) is 0 Å². The van der Waals surface area contributed by atoms with Crippen LogP contribution in [0.25, 0.3) is 55.7 Å². The Balaban J connectivity index is 0.00000103. The third-order valence-electron chi connectivity index (χ3n) is 10.2. The minimum absolute atomic E-state index is 0.110. The van der Waals surface area contributed by atoms with Gasteiger partial charge in [-0.1, -0.05) is 97.9 Å². The monoisotopic (exact) mass is 700 g/mol. The SMILES string of the molecule is C=CC.CC.Cc1cc2cc(-c3cc(C(C)(C)C)c(-c4cc5cc(C)c(C)cc5n4-c4ccccc4)cc3C(C)(C)C)n(-c3ccccc3)c2cc1C. The number of benzene rings is 5. The highest BCUT2D eigenvalue weighted by Gasteiger charge is 2.30. The van der Waals surface area contributed by atoms with Gasteiger partial charge in [0.2, 0.25) is 0 Å². The molecule has 2 heteroatoms. The molecule has 7 rings (SSSR count). The number of hydrogen-bond acceptors (Lipinski definition) is 0. The van der Waals surface area contributed by atoms with Gasteiger partial charge in [0, 0.05) is 33.3 Å². The van der Waals surface area contributed by atoms with E-state index in [1.54, 1.807) is 6.08 Å². The van der Waals surface area contributed by atoms with Gasteiger partial charge in [0.05, 0.1) is 22.4 Å². The maximum Gasteiger partial charge on any atom is 0.0544 e. The first-order chi connectivity index (χ1) is 25.1. The minimum atomic E-state index is -0.110. The van der Waals surface area contributed by atoms with Gasteiger partial charge in [-0.3, -0.25) is 0 Å². The van der Waals surface area contributed by atoms with E-state index >= 15 is 0 Å². The third kappa shape index (κ3) is 7.70. The number of hydrogen-bond donors (Lipinski definition) is 0. The lowest BCUT2D eigenvalue weighted by molar-refractivity contribution is 0.579. The molecule has 2 nitrogen and oxygen atoms in total. The number of rotatable bonds is 4. The van der Waals surface area contributed by atoms with Crippen LogP contribution in [0.1, 0.15) is 95.7 Å². The van der Waals surface area contributed by atoms with E-state index in [2.05, 4.69) is 194 Å². The number of aromatic nitrogens is 2. The highest BCUT2D eigenvalue weighted by molar-refractivity contribution is 5.94. The fraction of sp³-hybridized carbons (Fsp3) is 0.294. The fourth-order valence-electron chi connectivity index (χ4n) is 7.32. The highest BCUT2D eigenvalue weighted by atomic mass is 15.0. The largest absolute Gasteiger partial charge is 0.309 e. The van der Waals surface area contributed by atoms with Gasteiger partial charge in [0.1, 0.15) is 0 Å². The second-order valence-electron chi connectivity index (χ2n) is 16.2. The maximum absolute atomic E-state index is 3.36. The summed E-state index contributed by atoms with van der Waals surface area (Å²) in [5.74, 6) is 0. The van der Waals surface area contributed by atoms with E-state index in [9.17, 15) is 0 Å². The number of fused-ring (bicyclic) bond motifs is 2. The average Bonchev–Trinajstić information content (AvgIpc) is 3.67. The molecule has 5 aromatic carbocycles. The molecule has 53 heavy (non-hydrogen) atoms. The van der Waals surface area contributed by atoms with E-state index in [4.69, 9.17) is 0 Å². The summed E-state index contributed by atoms with van der Waals surface area (Å²) < 4.78 is 4.95. The molecule has 0 amide bonds. The van der Waals surface area contributed by atoms with E-state index in [0.29, 0.717) is 0 Å². The first-order valence-corrected chi connectivity index (χ1v) is 19.3. The Morgan fingerprint density at radius 2 is 0.774 bits per heavy atom. The summed E-state index contributed by atoms with van der Waals surface area (Å²) >= 11 is 0. The zero-order chi connectivity index (χ0) is 38.8. The molecule has 0 unspecified atom stereocenters. The summed E-state index contributed by atoms with van der Waals surface area (Å²) in [6, 6.07) is 41.0. The predicted molar refractivity (Wildman–Crippen MR) is 235 cm³/mol. The number of aryl methyl sites for hydroxylation is 4. The summed E-state index contributed by atoms with van der Waals surface area (Å²) in [6.07, 6.45) is 1.75. The van der Waals surface area contributed by atoms with Crippen LogP contribution in [0.4, 0.5) is 0 Å². The van der Waals surface area contributed by atoms with E-state index in [0.717, 1.165) is 0 Å². The van der Waals surface area contributed by atoms with Crippen LogP contribution >= 0.6 is 0 Å². The van der Waals surface area contributed by atoms with Crippen LogP contribution in [0.15, 0.2) is 122 Å². The van der Waals surface area contributed by atoms with Crippen molar-refractivity contribution in [3.8, 4) is 33.9 Å². The van der Waals surface area contributed by atoms with Crippen LogP contribution in [-0.2, 0) is 10.8 Å². The van der Waals surface area contributed by atoms with Gasteiger partial charge >= 0.3 is 0 Å². The lowest BCUT2D eigenvalue weighted by Gasteiger charge is -2.31. The van der Waals surface area contributed by atoms with Crippen molar-refractivity contribution in [1.29, 1.82) is 0 Å². The Kier molecular flexibility index (Phi) is 11.4. The van der Waals surface area contributed by atoms with Crippen molar-refractivity contribution in [3.05, 3.63) is 155 Å². The molecule has 0 spiro atoms. The van der Waals surface area contributed by atoms with Crippen molar-refractivity contribution >= 4 is 21.8 Å². The summed E-state index contributed by atoms with van der Waals surface area (Å²) in [5, 5.41) is 2.54. The molecule has 2 heterocycles. The van der Waals surface area contributed by atoms with Crippen molar-refractivity contribution in [1.82, 2.24) is 9.13 Å². The smallest absolute Gasteiger partial charge is 0.0544 e. The molecule has 7 aromatic rings. The van der Waals surface area contributed by atoms with E-state index in [1.807, 2.05) is 20.8 Å². The Morgan fingerprint density at radius 1 is 0.472 bits per heavy atom. The van der Waals surface area contributed by atoms with Crippen LogP contribution in [0.5, 0.6) is 0 Å². The third-order valence-corrected chi connectivity index (χ3v) is 10.2. The zero-order valence-corrected chi connectivity index (χ0v) is 34.6. The quantitative estimate of drug-likeness (QED) is 0.162. The Bertz CT molecular complexity index is 2200. The molecular weight excluding hydrogens is 641 g/mol. The Hall–Kier alpha value is -5.08. The summed E-state index contributed by atoms with van der Waals surface area (Å²) in [7, 11) is 0. The lowest BCUT2D eigenvalue weighted by Crippen LogP contribution is -2.19. The van der Waals surface area contributed by atoms with Crippen LogP contribution in [-0.4, -0.2) is 9.13 Å². The topological polar surface area (TPSA) is 9.86 Å². The summed E-state index contributed by atoms with van der Waals surface area (Å²) in [6.45, 7) is 32.3. The summed E-state index contributed by atoms with van der Waals surface area (Å²) in [5.41, 5.74) is 17.6. The molecule has 0 N–H and O–H groups in total. The Morgan fingerprint density at radius 3 is 1.08 bits per heavy atom. The second kappa shape index (κ2) is 15.5. The molecular formula is C51H60N2. The van der Waals surface area contributed by atoms with Gasteiger partial charge in [-0.15, -0.1) is 6.58 Å². The Labute approximate surface area is 319 Å². The molecule has 274 valence electrons. The van der Waals surface area contributed by atoms with Gasteiger partial charge in [-0.05, 0) is 152 Å². The highest BCUT2D eigenvalue weighted by Crippen LogP contribution is 2.46. The zero-order valence-electron chi connectivity index (χ0n) is 34.6. The number of allylic oxidation sites excluding steroid dienone is 1. The van der Waals surface area contributed by atoms with Gasteiger partial charge in [-0.2, -0.15) is 0 Å². The molecule has 0 aliphatic carbocycles. The van der Waals surface area contributed by atoms with Crippen LogP contribution in [0, 0.1) is 27.7 Å². The summed E-state index contributed by atoms with van der Waals surface area (Å²) in [4.78, 5) is 0. The first-order valence-electron chi connectivity index (χ1n) is 19.3. The molecule has 0 aliphatic rings. The van der Waals surface area contributed by atoms with Crippen molar-refractivity contribution in [3.63, 3.8) is 0 Å². The molecule has 0 saturated carbocycles. The minimum Gasteiger partial charge on any atom is -0.309 e. The fourth-order valence-corrected chi connectivity index (χ4v) is 7.32. The average molecular weight is 701 g/mol. The standard InChI is InChI=1S/C46H48N2.C3H6.C2H6/c1-29-21-33-25-43(47(41(33)23-31(29)3)35-17-13-11-14-18-35)37-27-40(46(8,9)10)38(28-39(37)45(5,6)7)44-26-34-22-30(2)32(4)24-42(34)48(44)36-19-15-12-16-20-36;1-3-2;1-2/h11-28H,1-10H3;3H,1H2,2H3;1-2H3. The van der Waals surface area contributed by atoms with Crippen molar-refractivity contribution in [2.75, 3.05) is 0 Å². The van der Waals surface area contributed by atoms with Gasteiger partial charge in [0.15, 0.2) is 0 Å². The lowest BCUT2D eigenvalue weighted by atomic mass is 9.75. The van der Waals surface area contributed by atoms with Crippen molar-refractivity contribution in [2.24, 2.45) is 0 Å². The molecule has 0 saturated heterocycles. The number of nitrogens with zero attached hydrogens (tertiary/aromatic N) is 2. The van der Waals surface area contributed by atoms with E-state index in [-0.39, 0.29) is 10.8 Å². The molecule has 0 atom stereocenters. The predicted octanol–water partition coefficient (Wildman–Crippen LogP) is 15.0. The maximum atomic E-state index is 3.36. The molecule has 0 bridgehead atoms. The van der Waals surface area contributed by atoms with Gasteiger partial charge in [-0.25, -0.2) is 0 Å². The van der Waals surface area contributed by atoms with Crippen LogP contribution in [0.2, 0.25) is 0 Å². The van der Waals surface area contributed by atoms with Crippen molar-refractivity contribution < 1.29 is 0 Å². The van der Waals surface area contributed by atoms with Crippen LogP contribution < -0.4 is 0 Å². The molecule has 0 fully saturated rings. The van der Waals surface area contributed by atoms with Crippen LogP contribution in [0.3, 0.4) is 0 Å². The molecule has 2 aromatic heterocycles. The van der Waals surface area contributed by atoms with Gasteiger partial charge < -0.3 is 9.13 Å².